The zero-order chi connectivity index (χ0) is 21.2. The van der Waals surface area contributed by atoms with E-state index in [1.165, 1.54) is 49.9 Å². The molecule has 3 rings (SSSR count). The molecular formula is C24H42IN5O. The average Bonchev–Trinajstić information content (AvgIpc) is 3.04. The van der Waals surface area contributed by atoms with Gasteiger partial charge >= 0.3 is 0 Å². The highest BCUT2D eigenvalue weighted by atomic mass is 127. The molecule has 2 N–H and O–H groups in total. The van der Waals surface area contributed by atoms with E-state index in [4.69, 9.17) is 4.74 Å². The van der Waals surface area contributed by atoms with E-state index in [2.05, 4.69) is 63.5 Å². The zero-order valence-corrected chi connectivity index (χ0v) is 22.0. The third-order valence-electron chi connectivity index (χ3n) is 6.37. The lowest BCUT2D eigenvalue weighted by atomic mass is 10.0. The number of aliphatic imine (C=N–C) groups is 1. The standard InChI is InChI=1S/C24H41N5O.HI/c1-24(2,29-14-16-30-17-15-29)20-27-23(25-3)26-18-21-8-10-22(11-9-21)19-28-12-6-4-5-7-13-28;/h8-11H,4-7,12-20H2,1-3H3,(H2,25,26,27);1H. The maximum Gasteiger partial charge on any atom is 0.191 e. The van der Waals surface area contributed by atoms with Crippen LogP contribution in [0, 0.1) is 0 Å². The number of ether oxygens (including phenoxy) is 1. The van der Waals surface area contributed by atoms with Crippen LogP contribution < -0.4 is 10.6 Å². The Morgan fingerprint density at radius 3 is 2.16 bits per heavy atom. The number of likely N-dealkylation sites (tertiary alicyclic amines) is 1. The average molecular weight is 544 g/mol. The summed E-state index contributed by atoms with van der Waals surface area (Å²) in [7, 11) is 1.83. The lowest BCUT2D eigenvalue weighted by Gasteiger charge is -2.41. The van der Waals surface area contributed by atoms with Crippen molar-refractivity contribution in [2.75, 3.05) is 53.0 Å². The van der Waals surface area contributed by atoms with Crippen molar-refractivity contribution in [2.24, 2.45) is 4.99 Å². The molecule has 7 heteroatoms. The van der Waals surface area contributed by atoms with E-state index in [0.717, 1.165) is 51.9 Å². The Labute approximate surface area is 206 Å². The van der Waals surface area contributed by atoms with Gasteiger partial charge in [0.2, 0.25) is 0 Å². The van der Waals surface area contributed by atoms with Crippen LogP contribution in [-0.2, 0) is 17.8 Å². The summed E-state index contributed by atoms with van der Waals surface area (Å²) in [5.41, 5.74) is 2.76. The minimum Gasteiger partial charge on any atom is -0.379 e. The number of rotatable bonds is 7. The second-order valence-corrected chi connectivity index (χ2v) is 9.20. The summed E-state index contributed by atoms with van der Waals surface area (Å²) < 4.78 is 5.48. The van der Waals surface area contributed by atoms with Crippen LogP contribution in [0.4, 0.5) is 0 Å². The molecule has 2 saturated heterocycles. The maximum atomic E-state index is 5.48. The van der Waals surface area contributed by atoms with Crippen LogP contribution in [-0.4, -0.2) is 74.3 Å². The summed E-state index contributed by atoms with van der Waals surface area (Å²) >= 11 is 0. The van der Waals surface area contributed by atoms with Crippen molar-refractivity contribution in [3.63, 3.8) is 0 Å². The molecule has 6 nitrogen and oxygen atoms in total. The first-order valence-corrected chi connectivity index (χ1v) is 11.6. The maximum absolute atomic E-state index is 5.48. The van der Waals surface area contributed by atoms with Gasteiger partial charge in [-0.05, 0) is 50.9 Å². The van der Waals surface area contributed by atoms with Crippen molar-refractivity contribution >= 4 is 29.9 Å². The molecular weight excluding hydrogens is 501 g/mol. The largest absolute Gasteiger partial charge is 0.379 e. The number of morpholine rings is 1. The van der Waals surface area contributed by atoms with Crippen molar-refractivity contribution in [1.29, 1.82) is 0 Å². The lowest BCUT2D eigenvalue weighted by molar-refractivity contribution is -0.00834. The second kappa shape index (κ2) is 13.6. The first-order chi connectivity index (χ1) is 14.6. The molecule has 2 aliphatic heterocycles. The van der Waals surface area contributed by atoms with Crippen molar-refractivity contribution in [3.8, 4) is 0 Å². The predicted molar refractivity (Wildman–Crippen MR) is 140 cm³/mol. The second-order valence-electron chi connectivity index (χ2n) is 9.20. The first-order valence-electron chi connectivity index (χ1n) is 11.6. The minimum absolute atomic E-state index is 0. The van der Waals surface area contributed by atoms with E-state index in [0.29, 0.717) is 0 Å². The van der Waals surface area contributed by atoms with E-state index in [1.807, 2.05) is 7.05 Å². The summed E-state index contributed by atoms with van der Waals surface area (Å²) in [6, 6.07) is 9.04. The third kappa shape index (κ3) is 8.86. The minimum atomic E-state index is 0. The van der Waals surface area contributed by atoms with Gasteiger partial charge in [-0.1, -0.05) is 37.1 Å². The third-order valence-corrected chi connectivity index (χ3v) is 6.37. The van der Waals surface area contributed by atoms with Gasteiger partial charge in [-0.25, -0.2) is 0 Å². The number of benzene rings is 1. The molecule has 0 saturated carbocycles. The number of hydrogen-bond acceptors (Lipinski definition) is 4. The fourth-order valence-electron chi connectivity index (χ4n) is 4.30. The number of guanidine groups is 1. The highest BCUT2D eigenvalue weighted by molar-refractivity contribution is 14.0. The molecule has 2 fully saturated rings. The Kier molecular flexibility index (Phi) is 11.6. The first kappa shape index (κ1) is 26.4. The summed E-state index contributed by atoms with van der Waals surface area (Å²) in [4.78, 5) is 9.49. The predicted octanol–water partition coefficient (Wildman–Crippen LogP) is 3.46. The van der Waals surface area contributed by atoms with Crippen LogP contribution in [0.5, 0.6) is 0 Å². The van der Waals surface area contributed by atoms with E-state index >= 15 is 0 Å². The highest BCUT2D eigenvalue weighted by Gasteiger charge is 2.28. The molecule has 0 aliphatic carbocycles. The quantitative estimate of drug-likeness (QED) is 0.314. The van der Waals surface area contributed by atoms with Crippen molar-refractivity contribution < 1.29 is 4.74 Å². The molecule has 2 aliphatic rings. The molecule has 2 heterocycles. The Morgan fingerprint density at radius 2 is 1.55 bits per heavy atom. The lowest BCUT2D eigenvalue weighted by Crippen LogP contribution is -2.56. The fraction of sp³-hybridized carbons (Fsp3) is 0.708. The number of nitrogens with zero attached hydrogens (tertiary/aromatic N) is 3. The molecule has 31 heavy (non-hydrogen) atoms. The molecule has 0 amide bonds. The highest BCUT2D eigenvalue weighted by Crippen LogP contribution is 2.15. The van der Waals surface area contributed by atoms with E-state index in [-0.39, 0.29) is 29.5 Å². The van der Waals surface area contributed by atoms with Crippen LogP contribution >= 0.6 is 24.0 Å². The Morgan fingerprint density at radius 1 is 0.935 bits per heavy atom. The Hall–Kier alpha value is -0.900. The zero-order valence-electron chi connectivity index (χ0n) is 19.7. The smallest absolute Gasteiger partial charge is 0.191 e. The molecule has 0 aromatic heterocycles. The van der Waals surface area contributed by atoms with E-state index < -0.39 is 0 Å². The van der Waals surface area contributed by atoms with Gasteiger partial charge in [0.15, 0.2) is 5.96 Å². The van der Waals surface area contributed by atoms with Crippen molar-refractivity contribution in [3.05, 3.63) is 35.4 Å². The number of halogens is 1. The summed E-state index contributed by atoms with van der Waals surface area (Å²) in [5.74, 6) is 0.852. The Balaban J connectivity index is 0.00000341. The SMILES string of the molecule is CN=C(NCc1ccc(CN2CCCCCC2)cc1)NCC(C)(C)N1CCOCC1.I. The van der Waals surface area contributed by atoms with E-state index in [1.54, 1.807) is 0 Å². The van der Waals surface area contributed by atoms with Crippen LogP contribution in [0.15, 0.2) is 29.3 Å². The molecule has 1 aromatic carbocycles. The van der Waals surface area contributed by atoms with Crippen LogP contribution in [0.25, 0.3) is 0 Å². The van der Waals surface area contributed by atoms with Gasteiger partial charge < -0.3 is 15.4 Å². The monoisotopic (exact) mass is 543 g/mol. The molecule has 0 bridgehead atoms. The van der Waals surface area contributed by atoms with Crippen molar-refractivity contribution in [2.45, 2.75) is 58.2 Å². The fourth-order valence-corrected chi connectivity index (χ4v) is 4.30. The summed E-state index contributed by atoms with van der Waals surface area (Å²) in [5, 5.41) is 6.95. The van der Waals surface area contributed by atoms with Gasteiger partial charge in [0.05, 0.1) is 13.2 Å². The van der Waals surface area contributed by atoms with Crippen LogP contribution in [0.2, 0.25) is 0 Å². The molecule has 176 valence electrons. The number of hydrogen-bond donors (Lipinski definition) is 2. The van der Waals surface area contributed by atoms with Gasteiger partial charge in [0.25, 0.3) is 0 Å². The van der Waals surface area contributed by atoms with Crippen LogP contribution in [0.3, 0.4) is 0 Å². The summed E-state index contributed by atoms with van der Waals surface area (Å²) in [6.07, 6.45) is 5.47. The van der Waals surface area contributed by atoms with Gasteiger partial charge in [0, 0.05) is 45.3 Å². The van der Waals surface area contributed by atoms with Crippen LogP contribution in [0.1, 0.15) is 50.7 Å². The van der Waals surface area contributed by atoms with Gasteiger partial charge in [-0.3, -0.25) is 14.8 Å². The van der Waals surface area contributed by atoms with E-state index in [9.17, 15) is 0 Å². The normalized spacial score (nSPS) is 19.4. The van der Waals surface area contributed by atoms with Crippen molar-refractivity contribution in [1.82, 2.24) is 20.4 Å². The van der Waals surface area contributed by atoms with Gasteiger partial charge in [-0.2, -0.15) is 0 Å². The molecule has 0 atom stereocenters. The molecule has 1 aromatic rings. The topological polar surface area (TPSA) is 52.1 Å². The summed E-state index contributed by atoms with van der Waals surface area (Å²) in [6.45, 7) is 13.4. The Bertz CT molecular complexity index is 650. The molecule has 0 unspecified atom stereocenters. The van der Waals surface area contributed by atoms with Gasteiger partial charge in [0.1, 0.15) is 0 Å². The number of nitrogens with one attached hydrogen (secondary N) is 2. The van der Waals surface area contributed by atoms with Gasteiger partial charge in [-0.15, -0.1) is 24.0 Å². The molecule has 0 spiro atoms. The molecule has 0 radical (unpaired) electrons.